The molecule has 1 fully saturated rings. The highest BCUT2D eigenvalue weighted by Crippen LogP contribution is 2.05. The van der Waals surface area contributed by atoms with E-state index < -0.39 is 0 Å². The van der Waals surface area contributed by atoms with E-state index in [1.807, 2.05) is 13.8 Å². The molecule has 0 bridgehead atoms. The summed E-state index contributed by atoms with van der Waals surface area (Å²) in [6, 6.07) is 0. The number of carbonyl (C=O) groups excluding carboxylic acids is 3. The van der Waals surface area contributed by atoms with Crippen LogP contribution in [0, 0.1) is 0 Å². The van der Waals surface area contributed by atoms with Crippen LogP contribution in [0.1, 0.15) is 26.7 Å². The van der Waals surface area contributed by atoms with E-state index in [2.05, 4.69) is 9.24 Å². The summed E-state index contributed by atoms with van der Waals surface area (Å²) in [6.07, 6.45) is 1.25. The largest absolute Gasteiger partial charge is 0.339 e. The van der Waals surface area contributed by atoms with Crippen molar-refractivity contribution >= 4 is 27.0 Å². The predicted octanol–water partition coefficient (Wildman–Crippen LogP) is 0.181. The van der Waals surface area contributed by atoms with Crippen LogP contribution in [0.25, 0.3) is 0 Å². The monoisotopic (exact) mass is 315 g/mol. The fraction of sp³-hybridized carbons (Fsp3) is 0.786. The van der Waals surface area contributed by atoms with Gasteiger partial charge in [-0.3, -0.25) is 14.4 Å². The summed E-state index contributed by atoms with van der Waals surface area (Å²) in [7, 11) is 2.43. The van der Waals surface area contributed by atoms with E-state index in [0.29, 0.717) is 58.3 Å². The fourth-order valence-corrected chi connectivity index (χ4v) is 2.64. The molecule has 0 aromatic carbocycles. The molecule has 3 amide bonds. The van der Waals surface area contributed by atoms with Gasteiger partial charge >= 0.3 is 0 Å². The number of amides is 3. The minimum atomic E-state index is 0.0368. The molecule has 0 aromatic rings. The Kier molecular flexibility index (Phi) is 7.65. The van der Waals surface area contributed by atoms with Crippen molar-refractivity contribution in [2.45, 2.75) is 26.7 Å². The van der Waals surface area contributed by atoms with Crippen molar-refractivity contribution in [3.63, 3.8) is 0 Å². The van der Waals surface area contributed by atoms with Crippen LogP contribution in [0.5, 0.6) is 0 Å². The summed E-state index contributed by atoms with van der Waals surface area (Å²) in [5.41, 5.74) is 0. The molecule has 0 spiro atoms. The zero-order valence-corrected chi connectivity index (χ0v) is 14.2. The van der Waals surface area contributed by atoms with Gasteiger partial charge in [0.05, 0.1) is 0 Å². The number of rotatable bonds is 3. The molecule has 1 saturated heterocycles. The Morgan fingerprint density at radius 1 is 0.714 bits per heavy atom. The average Bonchev–Trinajstić information content (AvgIpc) is 2.62. The van der Waals surface area contributed by atoms with Gasteiger partial charge in [0.1, 0.15) is 0 Å². The number of nitrogens with zero attached hydrogens (tertiary/aromatic N) is 3. The lowest BCUT2D eigenvalue weighted by Crippen LogP contribution is -2.42. The Labute approximate surface area is 129 Å². The zero-order valence-electron chi connectivity index (χ0n) is 13.0. The molecule has 1 aliphatic heterocycles. The Hall–Kier alpha value is -1.16. The van der Waals surface area contributed by atoms with E-state index in [1.54, 1.807) is 14.7 Å². The fourth-order valence-electron chi connectivity index (χ4n) is 2.38. The van der Waals surface area contributed by atoms with Crippen LogP contribution in [0.15, 0.2) is 0 Å². The first-order valence-electron chi connectivity index (χ1n) is 7.56. The van der Waals surface area contributed by atoms with Crippen LogP contribution in [0.3, 0.4) is 0 Å². The summed E-state index contributed by atoms with van der Waals surface area (Å²) in [6.45, 7) is 6.89. The molecule has 0 saturated carbocycles. The third kappa shape index (κ3) is 5.27. The van der Waals surface area contributed by atoms with Crippen LogP contribution in [-0.2, 0) is 14.4 Å². The normalized spacial score (nSPS) is 17.0. The molecule has 0 aromatic heterocycles. The molecular formula is C14H26N3O3P. The summed E-state index contributed by atoms with van der Waals surface area (Å²) >= 11 is 0. The molecular weight excluding hydrogens is 289 g/mol. The maximum Gasteiger partial charge on any atom is 0.226 e. The molecule has 1 heterocycles. The van der Waals surface area contributed by atoms with Gasteiger partial charge in [-0.15, -0.1) is 9.24 Å². The van der Waals surface area contributed by atoms with Gasteiger partial charge in [0.2, 0.25) is 17.7 Å². The minimum absolute atomic E-state index is 0.0368. The summed E-state index contributed by atoms with van der Waals surface area (Å²) in [4.78, 5) is 41.1. The molecule has 1 atom stereocenters. The van der Waals surface area contributed by atoms with Crippen molar-refractivity contribution in [2.75, 3.05) is 45.4 Å². The molecule has 7 heteroatoms. The standard InChI is InChI=1S/C14H26N3O3P/c1-3-12(18)15-5-6-16(13(19)4-2)8-10-17(9-7-15)14(20)11-21/h3-11,21H2,1-2H3. The summed E-state index contributed by atoms with van der Waals surface area (Å²) in [5, 5.41) is 0. The highest BCUT2D eigenvalue weighted by molar-refractivity contribution is 7.18. The summed E-state index contributed by atoms with van der Waals surface area (Å²) in [5.74, 6) is 0.174. The van der Waals surface area contributed by atoms with Gasteiger partial charge in [-0.1, -0.05) is 13.8 Å². The Morgan fingerprint density at radius 2 is 1.00 bits per heavy atom. The van der Waals surface area contributed by atoms with E-state index in [-0.39, 0.29) is 17.7 Å². The number of carbonyl (C=O) groups is 3. The molecule has 1 aliphatic rings. The molecule has 21 heavy (non-hydrogen) atoms. The second-order valence-corrected chi connectivity index (χ2v) is 5.46. The first-order chi connectivity index (χ1) is 10.0. The van der Waals surface area contributed by atoms with Crippen molar-refractivity contribution < 1.29 is 14.4 Å². The van der Waals surface area contributed by atoms with Crippen LogP contribution in [0.4, 0.5) is 0 Å². The van der Waals surface area contributed by atoms with Gasteiger partial charge in [0.25, 0.3) is 0 Å². The lowest BCUT2D eigenvalue weighted by atomic mass is 10.3. The van der Waals surface area contributed by atoms with Crippen molar-refractivity contribution in [3.05, 3.63) is 0 Å². The molecule has 0 radical (unpaired) electrons. The second-order valence-electron chi connectivity index (χ2n) is 5.05. The third-order valence-electron chi connectivity index (χ3n) is 3.76. The molecule has 6 nitrogen and oxygen atoms in total. The van der Waals surface area contributed by atoms with Crippen molar-refractivity contribution in [1.82, 2.24) is 14.7 Å². The van der Waals surface area contributed by atoms with E-state index in [1.165, 1.54) is 0 Å². The second kappa shape index (κ2) is 8.98. The Morgan fingerprint density at radius 3 is 1.24 bits per heavy atom. The van der Waals surface area contributed by atoms with E-state index in [4.69, 9.17) is 0 Å². The maximum absolute atomic E-state index is 12.0. The molecule has 1 unspecified atom stereocenters. The Balaban J connectivity index is 2.83. The highest BCUT2D eigenvalue weighted by atomic mass is 31.0. The third-order valence-corrected chi connectivity index (χ3v) is 4.11. The topological polar surface area (TPSA) is 60.9 Å². The highest BCUT2D eigenvalue weighted by Gasteiger charge is 2.22. The van der Waals surface area contributed by atoms with E-state index >= 15 is 0 Å². The summed E-state index contributed by atoms with van der Waals surface area (Å²) < 4.78 is 0. The SMILES string of the molecule is CCC(=O)N1CCN(C(=O)CC)CCN(C(=O)CP)CC1. The zero-order chi connectivity index (χ0) is 15.8. The first kappa shape index (κ1) is 17.9. The maximum atomic E-state index is 12.0. The minimum Gasteiger partial charge on any atom is -0.339 e. The molecule has 120 valence electrons. The van der Waals surface area contributed by atoms with Crippen LogP contribution < -0.4 is 0 Å². The van der Waals surface area contributed by atoms with Crippen molar-refractivity contribution in [2.24, 2.45) is 0 Å². The van der Waals surface area contributed by atoms with E-state index in [9.17, 15) is 14.4 Å². The van der Waals surface area contributed by atoms with E-state index in [0.717, 1.165) is 0 Å². The van der Waals surface area contributed by atoms with Gasteiger partial charge in [0, 0.05) is 58.3 Å². The van der Waals surface area contributed by atoms with Gasteiger partial charge < -0.3 is 14.7 Å². The van der Waals surface area contributed by atoms with Gasteiger partial charge in [0.15, 0.2) is 0 Å². The van der Waals surface area contributed by atoms with Crippen LogP contribution in [-0.4, -0.2) is 77.9 Å². The van der Waals surface area contributed by atoms with Gasteiger partial charge in [-0.2, -0.15) is 0 Å². The average molecular weight is 315 g/mol. The Bertz CT molecular complexity index is 321. The lowest BCUT2D eigenvalue weighted by Gasteiger charge is -2.25. The van der Waals surface area contributed by atoms with Gasteiger partial charge in [-0.05, 0) is 0 Å². The molecule has 1 rings (SSSR count). The van der Waals surface area contributed by atoms with Crippen LogP contribution >= 0.6 is 9.24 Å². The van der Waals surface area contributed by atoms with Crippen molar-refractivity contribution in [1.29, 1.82) is 0 Å². The lowest BCUT2D eigenvalue weighted by molar-refractivity contribution is -0.134. The number of hydrogen-bond acceptors (Lipinski definition) is 3. The first-order valence-corrected chi connectivity index (χ1v) is 8.38. The molecule has 0 N–H and O–H groups in total. The number of hydrogen-bond donors (Lipinski definition) is 0. The quantitative estimate of drug-likeness (QED) is 0.698. The van der Waals surface area contributed by atoms with Gasteiger partial charge in [-0.25, -0.2) is 0 Å². The van der Waals surface area contributed by atoms with Crippen molar-refractivity contribution in [3.8, 4) is 0 Å². The van der Waals surface area contributed by atoms with Crippen LogP contribution in [0.2, 0.25) is 0 Å². The smallest absolute Gasteiger partial charge is 0.226 e. The molecule has 0 aliphatic carbocycles. The predicted molar refractivity (Wildman–Crippen MR) is 84.9 cm³/mol.